The summed E-state index contributed by atoms with van der Waals surface area (Å²) in [4.78, 5) is 3.25. The molecule has 1 aromatic heterocycles. The first kappa shape index (κ1) is 12.2. The van der Waals surface area contributed by atoms with Crippen LogP contribution >= 0.6 is 0 Å². The standard InChI is InChI=1S/C10H9F3N2O/c1-3-5-7(6-4-2)8-14-9(16-15-8)10(11,12)13/h3-6H,1H2,2H3/b6-4-,7-5+. The highest BCUT2D eigenvalue weighted by Crippen LogP contribution is 2.28. The van der Waals surface area contributed by atoms with E-state index in [9.17, 15) is 13.2 Å². The van der Waals surface area contributed by atoms with Crippen molar-refractivity contribution in [1.82, 2.24) is 10.1 Å². The van der Waals surface area contributed by atoms with Crippen LogP contribution in [0.15, 0.2) is 35.4 Å². The second-order valence-corrected chi connectivity index (χ2v) is 2.78. The normalized spacial score (nSPS) is 13.4. The van der Waals surface area contributed by atoms with Gasteiger partial charge in [-0.3, -0.25) is 0 Å². The fourth-order valence-electron chi connectivity index (χ4n) is 0.967. The molecular formula is C10H9F3N2O. The van der Waals surface area contributed by atoms with Gasteiger partial charge in [0.05, 0.1) is 0 Å². The Hall–Kier alpha value is -1.85. The molecule has 3 nitrogen and oxygen atoms in total. The Bertz CT molecular complexity index is 430. The molecule has 0 aliphatic carbocycles. The SMILES string of the molecule is C=C/C=C(\C=C/C)c1noc(C(F)(F)F)n1. The van der Waals surface area contributed by atoms with Gasteiger partial charge in [0, 0.05) is 5.57 Å². The van der Waals surface area contributed by atoms with Crippen LogP contribution in [0.4, 0.5) is 13.2 Å². The fourth-order valence-corrected chi connectivity index (χ4v) is 0.967. The summed E-state index contributed by atoms with van der Waals surface area (Å²) in [5, 5.41) is 3.25. The number of aromatic nitrogens is 2. The molecule has 0 saturated carbocycles. The lowest BCUT2D eigenvalue weighted by molar-refractivity contribution is -0.159. The number of allylic oxidation sites excluding steroid dienone is 5. The van der Waals surface area contributed by atoms with Crippen LogP contribution in [0.3, 0.4) is 0 Å². The van der Waals surface area contributed by atoms with Gasteiger partial charge in [0.15, 0.2) is 0 Å². The highest BCUT2D eigenvalue weighted by atomic mass is 19.4. The van der Waals surface area contributed by atoms with Crippen molar-refractivity contribution in [2.75, 3.05) is 0 Å². The molecule has 0 aromatic carbocycles. The first-order valence-electron chi connectivity index (χ1n) is 4.35. The minimum Gasteiger partial charge on any atom is -0.329 e. The molecule has 0 atom stereocenters. The molecular weight excluding hydrogens is 221 g/mol. The molecule has 0 fully saturated rings. The van der Waals surface area contributed by atoms with Crippen molar-refractivity contribution in [3.05, 3.63) is 42.6 Å². The van der Waals surface area contributed by atoms with Crippen molar-refractivity contribution in [2.24, 2.45) is 0 Å². The monoisotopic (exact) mass is 230 g/mol. The van der Waals surface area contributed by atoms with Crippen LogP contribution in [0.2, 0.25) is 0 Å². The molecule has 1 aromatic rings. The van der Waals surface area contributed by atoms with E-state index in [0.717, 1.165) is 0 Å². The van der Waals surface area contributed by atoms with Gasteiger partial charge >= 0.3 is 12.1 Å². The lowest BCUT2D eigenvalue weighted by Crippen LogP contribution is -2.05. The maximum atomic E-state index is 12.2. The summed E-state index contributed by atoms with van der Waals surface area (Å²) < 4.78 is 40.7. The zero-order valence-electron chi connectivity index (χ0n) is 8.45. The Labute approximate surface area is 90.0 Å². The van der Waals surface area contributed by atoms with Gasteiger partial charge in [-0.1, -0.05) is 36.0 Å². The molecule has 16 heavy (non-hydrogen) atoms. The van der Waals surface area contributed by atoms with Gasteiger partial charge in [-0.05, 0) is 6.92 Å². The van der Waals surface area contributed by atoms with Gasteiger partial charge in [-0.15, -0.1) is 0 Å². The molecule has 0 aliphatic rings. The third kappa shape index (κ3) is 2.82. The third-order valence-electron chi connectivity index (χ3n) is 1.57. The van der Waals surface area contributed by atoms with Crippen LogP contribution in [0.5, 0.6) is 0 Å². The molecule has 0 radical (unpaired) electrons. The zero-order chi connectivity index (χ0) is 12.2. The van der Waals surface area contributed by atoms with Crippen molar-refractivity contribution < 1.29 is 17.7 Å². The van der Waals surface area contributed by atoms with Crippen molar-refractivity contribution in [3.63, 3.8) is 0 Å². The van der Waals surface area contributed by atoms with Crippen LogP contribution in [0, 0.1) is 0 Å². The maximum Gasteiger partial charge on any atom is 0.471 e. The molecule has 6 heteroatoms. The van der Waals surface area contributed by atoms with E-state index >= 15 is 0 Å². The fraction of sp³-hybridized carbons (Fsp3) is 0.200. The lowest BCUT2D eigenvalue weighted by atomic mass is 10.2. The average Bonchev–Trinajstić information content (AvgIpc) is 2.65. The van der Waals surface area contributed by atoms with Gasteiger partial charge in [0.25, 0.3) is 0 Å². The van der Waals surface area contributed by atoms with Crippen molar-refractivity contribution in [2.45, 2.75) is 13.1 Å². The molecule has 1 heterocycles. The van der Waals surface area contributed by atoms with E-state index in [-0.39, 0.29) is 5.82 Å². The number of nitrogens with zero attached hydrogens (tertiary/aromatic N) is 2. The minimum absolute atomic E-state index is 0.120. The number of rotatable bonds is 3. The van der Waals surface area contributed by atoms with E-state index in [2.05, 4.69) is 21.2 Å². The van der Waals surface area contributed by atoms with E-state index in [1.54, 1.807) is 19.1 Å². The van der Waals surface area contributed by atoms with Gasteiger partial charge in [-0.25, -0.2) is 0 Å². The Morgan fingerprint density at radius 1 is 1.44 bits per heavy atom. The van der Waals surface area contributed by atoms with E-state index in [1.165, 1.54) is 12.2 Å². The van der Waals surface area contributed by atoms with Gasteiger partial charge in [0.1, 0.15) is 0 Å². The highest BCUT2D eigenvalue weighted by molar-refractivity contribution is 5.70. The predicted octanol–water partition coefficient (Wildman–Crippen LogP) is 3.23. The first-order chi connectivity index (χ1) is 7.49. The second kappa shape index (κ2) is 4.78. The molecule has 0 bridgehead atoms. The van der Waals surface area contributed by atoms with E-state index in [4.69, 9.17) is 0 Å². The summed E-state index contributed by atoms with van der Waals surface area (Å²) in [5.41, 5.74) is 0.400. The lowest BCUT2D eigenvalue weighted by Gasteiger charge is -1.96. The van der Waals surface area contributed by atoms with Crippen LogP contribution in [-0.4, -0.2) is 10.1 Å². The molecule has 1 rings (SSSR count). The highest BCUT2D eigenvalue weighted by Gasteiger charge is 2.38. The van der Waals surface area contributed by atoms with Crippen LogP contribution in [-0.2, 0) is 6.18 Å². The van der Waals surface area contributed by atoms with Crippen LogP contribution < -0.4 is 0 Å². The first-order valence-corrected chi connectivity index (χ1v) is 4.35. The zero-order valence-corrected chi connectivity index (χ0v) is 8.45. The summed E-state index contributed by atoms with van der Waals surface area (Å²) in [7, 11) is 0. The summed E-state index contributed by atoms with van der Waals surface area (Å²) in [6, 6.07) is 0. The van der Waals surface area contributed by atoms with E-state index in [1.807, 2.05) is 0 Å². The summed E-state index contributed by atoms with van der Waals surface area (Å²) in [6.07, 6.45) is 1.51. The van der Waals surface area contributed by atoms with Gasteiger partial charge in [0.2, 0.25) is 5.82 Å². The van der Waals surface area contributed by atoms with Crippen LogP contribution in [0.25, 0.3) is 5.57 Å². The molecule has 0 N–H and O–H groups in total. The molecule has 0 aliphatic heterocycles. The smallest absolute Gasteiger partial charge is 0.329 e. The van der Waals surface area contributed by atoms with E-state index in [0.29, 0.717) is 5.57 Å². The quantitative estimate of drug-likeness (QED) is 0.748. The number of hydrogen-bond acceptors (Lipinski definition) is 3. The number of alkyl halides is 3. The molecule has 0 amide bonds. The molecule has 0 spiro atoms. The largest absolute Gasteiger partial charge is 0.471 e. The predicted molar refractivity (Wildman–Crippen MR) is 52.3 cm³/mol. The number of halogens is 3. The third-order valence-corrected chi connectivity index (χ3v) is 1.57. The summed E-state index contributed by atoms with van der Waals surface area (Å²) >= 11 is 0. The molecule has 0 unspecified atom stereocenters. The van der Waals surface area contributed by atoms with Crippen molar-refractivity contribution in [3.8, 4) is 0 Å². The second-order valence-electron chi connectivity index (χ2n) is 2.78. The minimum atomic E-state index is -4.62. The summed E-state index contributed by atoms with van der Waals surface area (Å²) in [5.74, 6) is -1.48. The van der Waals surface area contributed by atoms with Gasteiger partial charge < -0.3 is 4.52 Å². The Morgan fingerprint density at radius 2 is 2.12 bits per heavy atom. The summed E-state index contributed by atoms with van der Waals surface area (Å²) in [6.45, 7) is 5.17. The molecule has 0 saturated heterocycles. The van der Waals surface area contributed by atoms with Crippen molar-refractivity contribution >= 4 is 5.57 Å². The maximum absolute atomic E-state index is 12.2. The number of hydrogen-bond donors (Lipinski definition) is 0. The Kier molecular flexibility index (Phi) is 3.65. The van der Waals surface area contributed by atoms with Crippen LogP contribution in [0.1, 0.15) is 18.6 Å². The Balaban J connectivity index is 3.09. The Morgan fingerprint density at radius 3 is 2.56 bits per heavy atom. The molecule has 86 valence electrons. The van der Waals surface area contributed by atoms with E-state index < -0.39 is 12.1 Å². The van der Waals surface area contributed by atoms with Crippen molar-refractivity contribution in [1.29, 1.82) is 0 Å². The topological polar surface area (TPSA) is 38.9 Å². The average molecular weight is 230 g/mol. The van der Waals surface area contributed by atoms with Gasteiger partial charge in [-0.2, -0.15) is 18.2 Å².